The number of thioether (sulfide) groups is 1. The highest BCUT2D eigenvalue weighted by Crippen LogP contribution is 2.27. The van der Waals surface area contributed by atoms with Gasteiger partial charge in [0.05, 0.1) is 7.11 Å². The monoisotopic (exact) mass is 249 g/mol. The van der Waals surface area contributed by atoms with Crippen LogP contribution < -0.4 is 4.74 Å². The van der Waals surface area contributed by atoms with E-state index in [1.807, 2.05) is 34.4 Å². The smallest absolute Gasteiger partial charge is 0.200 e. The first kappa shape index (κ1) is 10.9. The highest BCUT2D eigenvalue weighted by Gasteiger charge is 2.19. The minimum Gasteiger partial charge on any atom is -0.482 e. The van der Waals surface area contributed by atoms with Crippen molar-refractivity contribution in [3.8, 4) is 5.88 Å². The molecule has 3 rings (SSSR count). The molecule has 1 aliphatic heterocycles. The fourth-order valence-electron chi connectivity index (χ4n) is 2.26. The number of ether oxygens (including phenoxy) is 1. The van der Waals surface area contributed by atoms with E-state index in [4.69, 9.17) is 4.74 Å². The molecule has 0 N–H and O–H groups in total. The van der Waals surface area contributed by atoms with E-state index in [1.165, 1.54) is 17.9 Å². The summed E-state index contributed by atoms with van der Waals surface area (Å²) in [6.07, 6.45) is 2.28. The molecule has 0 aliphatic carbocycles. The Balaban J connectivity index is 1.98. The number of fused-ring (bicyclic) bond motifs is 1. The van der Waals surface area contributed by atoms with E-state index in [-0.39, 0.29) is 0 Å². The molecule has 4 nitrogen and oxygen atoms in total. The van der Waals surface area contributed by atoms with Gasteiger partial charge in [-0.15, -0.1) is 10.2 Å². The molecule has 0 amide bonds. The van der Waals surface area contributed by atoms with Crippen molar-refractivity contribution >= 4 is 17.4 Å². The minimum absolute atomic E-state index is 0.734. The zero-order chi connectivity index (χ0) is 11.7. The predicted molar refractivity (Wildman–Crippen MR) is 68.7 cm³/mol. The molecule has 17 heavy (non-hydrogen) atoms. The highest BCUT2D eigenvalue weighted by atomic mass is 32.2. The first-order valence-corrected chi connectivity index (χ1v) is 6.98. The third-order valence-corrected chi connectivity index (χ3v) is 4.40. The van der Waals surface area contributed by atoms with Crippen LogP contribution in [0.3, 0.4) is 0 Å². The summed E-state index contributed by atoms with van der Waals surface area (Å²) in [6.45, 7) is 0. The molecule has 1 saturated heterocycles. The highest BCUT2D eigenvalue weighted by molar-refractivity contribution is 7.99. The molecule has 1 unspecified atom stereocenters. The molecular weight excluding hydrogens is 234 g/mol. The minimum atomic E-state index is 0.734. The van der Waals surface area contributed by atoms with Crippen LogP contribution in [0.4, 0.5) is 0 Å². The van der Waals surface area contributed by atoms with Crippen LogP contribution in [0.2, 0.25) is 0 Å². The van der Waals surface area contributed by atoms with Gasteiger partial charge in [-0.05, 0) is 36.0 Å². The fraction of sp³-hybridized carbons (Fsp3) is 0.500. The van der Waals surface area contributed by atoms with Crippen molar-refractivity contribution < 1.29 is 4.74 Å². The van der Waals surface area contributed by atoms with Gasteiger partial charge in [0.15, 0.2) is 5.65 Å². The lowest BCUT2D eigenvalue weighted by Crippen LogP contribution is -2.07. The average molecular weight is 249 g/mol. The van der Waals surface area contributed by atoms with E-state index in [2.05, 4.69) is 10.2 Å². The van der Waals surface area contributed by atoms with Gasteiger partial charge in [-0.1, -0.05) is 6.07 Å². The van der Waals surface area contributed by atoms with Crippen LogP contribution in [0.5, 0.6) is 5.88 Å². The Bertz CT molecular complexity index is 519. The summed E-state index contributed by atoms with van der Waals surface area (Å²) in [5.41, 5.74) is 0.866. The molecule has 3 heterocycles. The maximum absolute atomic E-state index is 5.37. The Morgan fingerprint density at radius 2 is 2.41 bits per heavy atom. The topological polar surface area (TPSA) is 39.4 Å². The zero-order valence-corrected chi connectivity index (χ0v) is 10.6. The van der Waals surface area contributed by atoms with E-state index in [9.17, 15) is 0 Å². The van der Waals surface area contributed by atoms with Crippen LogP contribution in [0.1, 0.15) is 12.2 Å². The second-order valence-corrected chi connectivity index (χ2v) is 5.46. The van der Waals surface area contributed by atoms with Gasteiger partial charge in [-0.2, -0.15) is 11.8 Å². The molecule has 0 spiro atoms. The van der Waals surface area contributed by atoms with E-state index >= 15 is 0 Å². The van der Waals surface area contributed by atoms with Crippen LogP contribution in [-0.4, -0.2) is 33.2 Å². The van der Waals surface area contributed by atoms with Crippen LogP contribution in [-0.2, 0) is 6.42 Å². The largest absolute Gasteiger partial charge is 0.482 e. The summed E-state index contributed by atoms with van der Waals surface area (Å²) in [5, 5.41) is 8.49. The fourth-order valence-corrected chi connectivity index (χ4v) is 3.55. The summed E-state index contributed by atoms with van der Waals surface area (Å²) in [5.74, 6) is 5.08. The molecule has 0 saturated carbocycles. The summed E-state index contributed by atoms with van der Waals surface area (Å²) in [4.78, 5) is 0. The Morgan fingerprint density at radius 3 is 3.18 bits per heavy atom. The Kier molecular flexibility index (Phi) is 2.93. The molecule has 0 radical (unpaired) electrons. The van der Waals surface area contributed by atoms with Gasteiger partial charge >= 0.3 is 0 Å². The van der Waals surface area contributed by atoms with Gasteiger partial charge in [-0.3, -0.25) is 0 Å². The SMILES string of the molecule is COc1cccc2nnc(CC3CCSC3)n12. The Labute approximate surface area is 104 Å². The number of nitrogens with zero attached hydrogens (tertiary/aromatic N) is 3. The van der Waals surface area contributed by atoms with Crippen molar-refractivity contribution in [2.24, 2.45) is 5.92 Å². The number of pyridine rings is 1. The van der Waals surface area contributed by atoms with Crippen LogP contribution in [0.25, 0.3) is 5.65 Å². The van der Waals surface area contributed by atoms with Crippen molar-refractivity contribution in [2.75, 3.05) is 18.6 Å². The number of methoxy groups -OCH3 is 1. The molecule has 5 heteroatoms. The van der Waals surface area contributed by atoms with Crippen molar-refractivity contribution in [2.45, 2.75) is 12.8 Å². The lowest BCUT2D eigenvalue weighted by Gasteiger charge is -2.08. The summed E-state index contributed by atoms with van der Waals surface area (Å²) in [7, 11) is 1.68. The molecule has 0 aromatic carbocycles. The second-order valence-electron chi connectivity index (χ2n) is 4.31. The van der Waals surface area contributed by atoms with E-state index in [0.717, 1.165) is 29.7 Å². The van der Waals surface area contributed by atoms with Gasteiger partial charge < -0.3 is 4.74 Å². The van der Waals surface area contributed by atoms with E-state index < -0.39 is 0 Å². The standard InChI is InChI=1S/C12H15N3OS/c1-16-12-4-2-3-10-13-14-11(15(10)12)7-9-5-6-17-8-9/h2-4,9H,5-8H2,1H3. The third kappa shape index (κ3) is 1.99. The van der Waals surface area contributed by atoms with Gasteiger partial charge in [0, 0.05) is 6.42 Å². The molecule has 1 aliphatic rings. The van der Waals surface area contributed by atoms with E-state index in [0.29, 0.717) is 0 Å². The van der Waals surface area contributed by atoms with Crippen LogP contribution in [0, 0.1) is 5.92 Å². The number of aromatic nitrogens is 3. The van der Waals surface area contributed by atoms with Crippen molar-refractivity contribution in [1.29, 1.82) is 0 Å². The number of hydrogen-bond acceptors (Lipinski definition) is 4. The molecule has 1 fully saturated rings. The molecule has 1 atom stereocenters. The van der Waals surface area contributed by atoms with Gasteiger partial charge in [0.2, 0.25) is 5.88 Å². The number of rotatable bonds is 3. The van der Waals surface area contributed by atoms with Gasteiger partial charge in [-0.25, -0.2) is 4.40 Å². The molecular formula is C12H15N3OS. The second kappa shape index (κ2) is 4.56. The summed E-state index contributed by atoms with van der Waals surface area (Å²) < 4.78 is 7.39. The number of hydrogen-bond donors (Lipinski definition) is 0. The molecule has 2 aromatic heterocycles. The molecule has 90 valence electrons. The predicted octanol–water partition coefficient (Wildman–Crippen LogP) is 2.03. The maximum Gasteiger partial charge on any atom is 0.200 e. The zero-order valence-electron chi connectivity index (χ0n) is 9.80. The lowest BCUT2D eigenvalue weighted by atomic mass is 10.1. The molecule has 2 aromatic rings. The van der Waals surface area contributed by atoms with Crippen molar-refractivity contribution in [3.05, 3.63) is 24.0 Å². The Hall–Kier alpha value is -1.23. The first-order chi connectivity index (χ1) is 8.38. The van der Waals surface area contributed by atoms with Gasteiger partial charge in [0.25, 0.3) is 0 Å². The average Bonchev–Trinajstić information content (AvgIpc) is 2.99. The van der Waals surface area contributed by atoms with Crippen molar-refractivity contribution in [1.82, 2.24) is 14.6 Å². The van der Waals surface area contributed by atoms with E-state index in [1.54, 1.807) is 7.11 Å². The lowest BCUT2D eigenvalue weighted by molar-refractivity contribution is 0.388. The summed E-state index contributed by atoms with van der Waals surface area (Å²) in [6, 6.07) is 5.85. The summed E-state index contributed by atoms with van der Waals surface area (Å²) >= 11 is 2.03. The van der Waals surface area contributed by atoms with Crippen molar-refractivity contribution in [3.63, 3.8) is 0 Å². The normalized spacial score (nSPS) is 19.9. The van der Waals surface area contributed by atoms with Crippen LogP contribution >= 0.6 is 11.8 Å². The van der Waals surface area contributed by atoms with Gasteiger partial charge in [0.1, 0.15) is 5.82 Å². The first-order valence-electron chi connectivity index (χ1n) is 5.83. The Morgan fingerprint density at radius 1 is 1.47 bits per heavy atom. The van der Waals surface area contributed by atoms with Crippen LogP contribution in [0.15, 0.2) is 18.2 Å². The molecule has 0 bridgehead atoms. The quantitative estimate of drug-likeness (QED) is 0.834. The third-order valence-electron chi connectivity index (χ3n) is 3.16. The maximum atomic E-state index is 5.37.